The number of sulfonamides is 1. The Bertz CT molecular complexity index is 828. The van der Waals surface area contributed by atoms with Crippen LogP contribution in [-0.4, -0.2) is 48.2 Å². The molecular formula is C16H20N4O3S2. The number of benzene rings is 1. The molecule has 134 valence electrons. The molecule has 7 nitrogen and oxygen atoms in total. The maximum atomic E-state index is 12.4. The summed E-state index contributed by atoms with van der Waals surface area (Å²) in [5, 5.41) is 12.3. The van der Waals surface area contributed by atoms with Crippen LogP contribution in [0.5, 0.6) is 0 Å². The van der Waals surface area contributed by atoms with E-state index in [2.05, 4.69) is 15.5 Å². The lowest BCUT2D eigenvalue weighted by Crippen LogP contribution is -2.40. The normalized spacial score (nSPS) is 16.7. The van der Waals surface area contributed by atoms with E-state index >= 15 is 0 Å². The molecule has 25 heavy (non-hydrogen) atoms. The molecule has 9 heteroatoms. The molecule has 1 aromatic heterocycles. The minimum atomic E-state index is -3.18. The second-order valence-electron chi connectivity index (χ2n) is 6.09. The minimum absolute atomic E-state index is 0.115. The number of hydrogen-bond acceptors (Lipinski definition) is 6. The Balaban J connectivity index is 1.54. The first-order valence-corrected chi connectivity index (χ1v) is 10.7. The zero-order valence-electron chi connectivity index (χ0n) is 13.9. The van der Waals surface area contributed by atoms with Gasteiger partial charge in [-0.05, 0) is 18.4 Å². The van der Waals surface area contributed by atoms with E-state index in [1.165, 1.54) is 21.9 Å². The van der Waals surface area contributed by atoms with Gasteiger partial charge in [-0.1, -0.05) is 41.7 Å². The van der Waals surface area contributed by atoms with Crippen molar-refractivity contribution in [3.05, 3.63) is 40.9 Å². The molecule has 3 rings (SSSR count). The number of anilines is 1. The molecule has 0 aliphatic carbocycles. The van der Waals surface area contributed by atoms with Crippen molar-refractivity contribution < 1.29 is 13.2 Å². The number of hydrogen-bond donors (Lipinski definition) is 1. The van der Waals surface area contributed by atoms with Crippen LogP contribution in [0.2, 0.25) is 0 Å². The first kappa shape index (κ1) is 18.0. The van der Waals surface area contributed by atoms with Crippen LogP contribution in [0.25, 0.3) is 0 Å². The fourth-order valence-corrected chi connectivity index (χ4v) is 4.45. The molecule has 2 aromatic rings. The SMILES string of the molecule is CS(=O)(=O)N1CCC(C(=O)Nc2nnc(Cc3ccccc3)s2)CC1. The Morgan fingerprint density at radius 2 is 1.92 bits per heavy atom. The maximum absolute atomic E-state index is 12.4. The van der Waals surface area contributed by atoms with E-state index < -0.39 is 10.0 Å². The van der Waals surface area contributed by atoms with E-state index in [-0.39, 0.29) is 11.8 Å². The van der Waals surface area contributed by atoms with Crippen LogP contribution in [-0.2, 0) is 21.2 Å². The monoisotopic (exact) mass is 380 g/mol. The number of carbonyl (C=O) groups is 1. The molecule has 1 N–H and O–H groups in total. The smallest absolute Gasteiger partial charge is 0.229 e. The summed E-state index contributed by atoms with van der Waals surface area (Å²) in [6.07, 6.45) is 2.92. The zero-order chi connectivity index (χ0) is 17.9. The fourth-order valence-electron chi connectivity index (χ4n) is 2.80. The Hall–Kier alpha value is -1.84. The van der Waals surface area contributed by atoms with Crippen molar-refractivity contribution in [2.24, 2.45) is 5.92 Å². The van der Waals surface area contributed by atoms with Crippen LogP contribution in [0.1, 0.15) is 23.4 Å². The van der Waals surface area contributed by atoms with Gasteiger partial charge in [-0.15, -0.1) is 10.2 Å². The van der Waals surface area contributed by atoms with Gasteiger partial charge in [0.25, 0.3) is 0 Å². The van der Waals surface area contributed by atoms with Crippen molar-refractivity contribution in [3.8, 4) is 0 Å². The molecule has 0 unspecified atom stereocenters. The summed E-state index contributed by atoms with van der Waals surface area (Å²) in [4.78, 5) is 12.4. The molecule has 1 saturated heterocycles. The van der Waals surface area contributed by atoms with Gasteiger partial charge in [0.15, 0.2) is 0 Å². The first-order valence-electron chi connectivity index (χ1n) is 8.04. The van der Waals surface area contributed by atoms with Gasteiger partial charge in [-0.25, -0.2) is 12.7 Å². The Morgan fingerprint density at radius 3 is 2.56 bits per heavy atom. The number of rotatable bonds is 5. The zero-order valence-corrected chi connectivity index (χ0v) is 15.5. The highest BCUT2D eigenvalue weighted by Gasteiger charge is 2.29. The lowest BCUT2D eigenvalue weighted by molar-refractivity contribution is -0.120. The quantitative estimate of drug-likeness (QED) is 0.853. The fraction of sp³-hybridized carbons (Fsp3) is 0.438. The van der Waals surface area contributed by atoms with Gasteiger partial charge < -0.3 is 5.32 Å². The van der Waals surface area contributed by atoms with Gasteiger partial charge in [0.2, 0.25) is 21.1 Å². The predicted octanol–water partition coefficient (Wildman–Crippen LogP) is 1.74. The van der Waals surface area contributed by atoms with Gasteiger partial charge in [0.1, 0.15) is 5.01 Å². The second kappa shape index (κ2) is 7.59. The molecule has 2 heterocycles. The second-order valence-corrected chi connectivity index (χ2v) is 9.13. The molecular weight excluding hydrogens is 360 g/mol. The van der Waals surface area contributed by atoms with Crippen LogP contribution in [0.15, 0.2) is 30.3 Å². The lowest BCUT2D eigenvalue weighted by atomic mass is 9.97. The van der Waals surface area contributed by atoms with Crippen molar-refractivity contribution in [2.75, 3.05) is 24.7 Å². The van der Waals surface area contributed by atoms with E-state index in [9.17, 15) is 13.2 Å². The molecule has 0 saturated carbocycles. The highest BCUT2D eigenvalue weighted by Crippen LogP contribution is 2.23. The van der Waals surface area contributed by atoms with Gasteiger partial charge in [-0.2, -0.15) is 0 Å². The number of nitrogens with zero attached hydrogens (tertiary/aromatic N) is 3. The first-order chi connectivity index (χ1) is 11.9. The summed E-state index contributed by atoms with van der Waals surface area (Å²) in [6.45, 7) is 0.762. The number of amides is 1. The average Bonchev–Trinajstić information content (AvgIpc) is 3.02. The predicted molar refractivity (Wildman–Crippen MR) is 96.9 cm³/mol. The topological polar surface area (TPSA) is 92.3 Å². The molecule has 1 fully saturated rings. The molecule has 0 radical (unpaired) electrons. The lowest BCUT2D eigenvalue weighted by Gasteiger charge is -2.29. The highest BCUT2D eigenvalue weighted by molar-refractivity contribution is 7.88. The van der Waals surface area contributed by atoms with E-state index in [0.717, 1.165) is 10.6 Å². The highest BCUT2D eigenvalue weighted by atomic mass is 32.2. The standard InChI is InChI=1S/C16H20N4O3S2/c1-25(22,23)20-9-7-13(8-10-20)15(21)17-16-19-18-14(24-16)11-12-5-3-2-4-6-12/h2-6,13H,7-11H2,1H3,(H,17,19,21). The van der Waals surface area contributed by atoms with Gasteiger partial charge in [-0.3, -0.25) is 4.79 Å². The van der Waals surface area contributed by atoms with E-state index in [1.807, 2.05) is 30.3 Å². The van der Waals surface area contributed by atoms with Crippen LogP contribution >= 0.6 is 11.3 Å². The Labute approximate surface area is 151 Å². The number of carbonyl (C=O) groups excluding carboxylic acids is 1. The number of nitrogens with one attached hydrogen (secondary N) is 1. The van der Waals surface area contributed by atoms with Crippen molar-refractivity contribution in [1.29, 1.82) is 0 Å². The molecule has 0 spiro atoms. The third-order valence-electron chi connectivity index (χ3n) is 4.19. The van der Waals surface area contributed by atoms with E-state index in [1.54, 1.807) is 0 Å². The molecule has 1 aliphatic rings. The maximum Gasteiger partial charge on any atom is 0.229 e. The third kappa shape index (κ3) is 4.83. The number of piperidine rings is 1. The van der Waals surface area contributed by atoms with E-state index in [0.29, 0.717) is 37.5 Å². The summed E-state index contributed by atoms with van der Waals surface area (Å²) in [7, 11) is -3.18. The summed E-state index contributed by atoms with van der Waals surface area (Å²) in [6, 6.07) is 9.96. The molecule has 0 atom stereocenters. The minimum Gasteiger partial charge on any atom is -0.300 e. The van der Waals surface area contributed by atoms with Crippen LogP contribution in [0.3, 0.4) is 0 Å². The molecule has 1 amide bonds. The third-order valence-corrected chi connectivity index (χ3v) is 6.33. The summed E-state index contributed by atoms with van der Waals surface area (Å²) in [5.41, 5.74) is 1.14. The average molecular weight is 380 g/mol. The van der Waals surface area contributed by atoms with Crippen molar-refractivity contribution in [3.63, 3.8) is 0 Å². The van der Waals surface area contributed by atoms with Crippen molar-refractivity contribution in [1.82, 2.24) is 14.5 Å². The van der Waals surface area contributed by atoms with Crippen molar-refractivity contribution >= 4 is 32.4 Å². The number of aromatic nitrogens is 2. The van der Waals surface area contributed by atoms with Gasteiger partial charge in [0, 0.05) is 25.4 Å². The molecule has 1 aliphatic heterocycles. The summed E-state index contributed by atoms with van der Waals surface area (Å²) in [5.74, 6) is -0.310. The van der Waals surface area contributed by atoms with Crippen molar-refractivity contribution in [2.45, 2.75) is 19.3 Å². The molecule has 1 aromatic carbocycles. The van der Waals surface area contributed by atoms with Crippen LogP contribution in [0.4, 0.5) is 5.13 Å². The largest absolute Gasteiger partial charge is 0.300 e. The summed E-state index contributed by atoms with van der Waals surface area (Å²) >= 11 is 1.36. The summed E-state index contributed by atoms with van der Waals surface area (Å²) < 4.78 is 24.4. The Kier molecular flexibility index (Phi) is 5.45. The van der Waals surface area contributed by atoms with Gasteiger partial charge in [0.05, 0.1) is 6.26 Å². The van der Waals surface area contributed by atoms with Crippen LogP contribution in [0, 0.1) is 5.92 Å². The van der Waals surface area contributed by atoms with E-state index in [4.69, 9.17) is 0 Å². The Morgan fingerprint density at radius 1 is 1.24 bits per heavy atom. The van der Waals surface area contributed by atoms with Gasteiger partial charge >= 0.3 is 0 Å². The molecule has 0 bridgehead atoms. The van der Waals surface area contributed by atoms with Crippen LogP contribution < -0.4 is 5.32 Å².